The molecular formula is C30H48O2. The van der Waals surface area contributed by atoms with Crippen LogP contribution in [-0.2, 0) is 9.59 Å². The quantitative estimate of drug-likeness (QED) is 0.434. The molecule has 4 rings (SSSR count). The summed E-state index contributed by atoms with van der Waals surface area (Å²) in [6.07, 6.45) is 10.9. The lowest BCUT2D eigenvalue weighted by Crippen LogP contribution is -2.56. The van der Waals surface area contributed by atoms with Gasteiger partial charge in [0, 0.05) is 29.2 Å². The average molecular weight is 441 g/mol. The SMILES string of the molecule is CC(C)CCC[C@@H](C)[C@@H]1CC[C@]2(C)C3=C(CC[C@@]12C)[C@@]1(C)CCC(=O)C(C)(C)[C@@H]1CC3=O. The predicted octanol–water partition coefficient (Wildman–Crippen LogP) is 7.95. The molecule has 4 aliphatic carbocycles. The molecule has 0 saturated heterocycles. The third-order valence-corrected chi connectivity index (χ3v) is 11.5. The van der Waals surface area contributed by atoms with Gasteiger partial charge in [0.25, 0.3) is 0 Å². The predicted molar refractivity (Wildman–Crippen MR) is 132 cm³/mol. The van der Waals surface area contributed by atoms with Crippen molar-refractivity contribution < 1.29 is 9.59 Å². The van der Waals surface area contributed by atoms with Gasteiger partial charge < -0.3 is 0 Å². The van der Waals surface area contributed by atoms with Gasteiger partial charge in [-0.05, 0) is 66.6 Å². The van der Waals surface area contributed by atoms with Gasteiger partial charge in [-0.15, -0.1) is 0 Å². The van der Waals surface area contributed by atoms with E-state index in [9.17, 15) is 9.59 Å². The zero-order valence-corrected chi connectivity index (χ0v) is 22.2. The zero-order valence-electron chi connectivity index (χ0n) is 22.2. The molecule has 0 aromatic heterocycles. The van der Waals surface area contributed by atoms with E-state index in [1.165, 1.54) is 43.3 Å². The van der Waals surface area contributed by atoms with E-state index in [0.717, 1.165) is 37.0 Å². The Balaban J connectivity index is 1.69. The second-order valence-corrected chi connectivity index (χ2v) is 13.8. The first-order valence-corrected chi connectivity index (χ1v) is 13.6. The number of hydrogen-bond donors (Lipinski definition) is 0. The molecule has 0 radical (unpaired) electrons. The highest BCUT2D eigenvalue weighted by Crippen LogP contribution is 2.71. The van der Waals surface area contributed by atoms with Crippen molar-refractivity contribution in [3.63, 3.8) is 0 Å². The summed E-state index contributed by atoms with van der Waals surface area (Å²) in [5, 5.41) is 0. The summed E-state index contributed by atoms with van der Waals surface area (Å²) in [6.45, 7) is 18.7. The van der Waals surface area contributed by atoms with Crippen molar-refractivity contribution in [2.24, 2.45) is 45.3 Å². The lowest BCUT2D eigenvalue weighted by Gasteiger charge is -2.60. The van der Waals surface area contributed by atoms with Gasteiger partial charge in [0.15, 0.2) is 5.78 Å². The van der Waals surface area contributed by atoms with Gasteiger partial charge in [-0.1, -0.05) is 80.2 Å². The summed E-state index contributed by atoms with van der Waals surface area (Å²) < 4.78 is 0. The molecule has 0 bridgehead atoms. The minimum absolute atomic E-state index is 0.00815. The zero-order chi connectivity index (χ0) is 23.7. The van der Waals surface area contributed by atoms with Crippen molar-refractivity contribution in [1.82, 2.24) is 0 Å². The van der Waals surface area contributed by atoms with Gasteiger partial charge in [-0.2, -0.15) is 0 Å². The molecular weight excluding hydrogens is 392 g/mol. The van der Waals surface area contributed by atoms with Crippen molar-refractivity contribution in [3.05, 3.63) is 11.1 Å². The molecule has 0 amide bonds. The van der Waals surface area contributed by atoms with Crippen molar-refractivity contribution in [1.29, 1.82) is 0 Å². The Bertz CT molecular complexity index is 832. The fourth-order valence-corrected chi connectivity index (χ4v) is 9.17. The first-order chi connectivity index (χ1) is 14.8. The van der Waals surface area contributed by atoms with E-state index in [1.54, 1.807) is 0 Å². The summed E-state index contributed by atoms with van der Waals surface area (Å²) in [5.74, 6) is 3.15. The van der Waals surface area contributed by atoms with E-state index in [0.29, 0.717) is 24.4 Å². The Kier molecular flexibility index (Phi) is 5.91. The number of rotatable bonds is 5. The first-order valence-electron chi connectivity index (χ1n) is 13.6. The van der Waals surface area contributed by atoms with Crippen LogP contribution in [0, 0.1) is 45.3 Å². The van der Waals surface area contributed by atoms with Crippen LogP contribution in [0.15, 0.2) is 11.1 Å². The maximum Gasteiger partial charge on any atom is 0.159 e. The van der Waals surface area contributed by atoms with E-state index in [1.807, 2.05) is 0 Å². The second-order valence-electron chi connectivity index (χ2n) is 13.8. The van der Waals surface area contributed by atoms with Gasteiger partial charge in [0.2, 0.25) is 0 Å². The maximum absolute atomic E-state index is 13.9. The summed E-state index contributed by atoms with van der Waals surface area (Å²) in [7, 11) is 0. The molecule has 32 heavy (non-hydrogen) atoms. The molecule has 0 N–H and O–H groups in total. The van der Waals surface area contributed by atoms with Gasteiger partial charge in [0.1, 0.15) is 5.78 Å². The molecule has 2 heteroatoms. The molecule has 0 unspecified atom stereocenters. The number of allylic oxidation sites excluding steroid dienone is 2. The largest absolute Gasteiger partial charge is 0.299 e. The molecule has 0 aliphatic heterocycles. The third-order valence-electron chi connectivity index (χ3n) is 11.5. The number of ketones is 2. The van der Waals surface area contributed by atoms with Gasteiger partial charge >= 0.3 is 0 Å². The molecule has 2 fully saturated rings. The van der Waals surface area contributed by atoms with Crippen LogP contribution in [0.25, 0.3) is 0 Å². The Morgan fingerprint density at radius 2 is 1.59 bits per heavy atom. The second kappa shape index (κ2) is 7.81. The van der Waals surface area contributed by atoms with Gasteiger partial charge in [-0.3, -0.25) is 9.59 Å². The lowest BCUT2D eigenvalue weighted by atomic mass is 9.43. The summed E-state index contributed by atoms with van der Waals surface area (Å²) in [5.41, 5.74) is 2.56. The fraction of sp³-hybridized carbons (Fsp3) is 0.867. The fourth-order valence-electron chi connectivity index (χ4n) is 9.17. The number of carbonyl (C=O) groups is 2. The molecule has 2 nitrogen and oxygen atoms in total. The maximum atomic E-state index is 13.9. The van der Waals surface area contributed by atoms with Gasteiger partial charge in [-0.25, -0.2) is 0 Å². The van der Waals surface area contributed by atoms with Crippen LogP contribution in [0.2, 0.25) is 0 Å². The van der Waals surface area contributed by atoms with Crippen LogP contribution in [0.5, 0.6) is 0 Å². The van der Waals surface area contributed by atoms with E-state index in [2.05, 4.69) is 55.4 Å². The Hall–Kier alpha value is -0.920. The molecule has 4 aliphatic rings. The van der Waals surface area contributed by atoms with E-state index in [-0.39, 0.29) is 27.6 Å². The molecule has 2 saturated carbocycles. The van der Waals surface area contributed by atoms with Gasteiger partial charge in [0.05, 0.1) is 0 Å². The Morgan fingerprint density at radius 3 is 2.25 bits per heavy atom. The monoisotopic (exact) mass is 440 g/mol. The van der Waals surface area contributed by atoms with E-state index < -0.39 is 0 Å². The topological polar surface area (TPSA) is 34.1 Å². The molecule has 0 aromatic rings. The van der Waals surface area contributed by atoms with Crippen LogP contribution in [0.3, 0.4) is 0 Å². The van der Waals surface area contributed by atoms with Crippen molar-refractivity contribution in [3.8, 4) is 0 Å². The van der Waals surface area contributed by atoms with Crippen LogP contribution >= 0.6 is 0 Å². The number of carbonyl (C=O) groups excluding carboxylic acids is 2. The average Bonchev–Trinajstić information content (AvgIpc) is 2.98. The highest BCUT2D eigenvalue weighted by molar-refractivity contribution is 6.00. The normalized spacial score (nSPS) is 42.0. The molecule has 6 atom stereocenters. The highest BCUT2D eigenvalue weighted by Gasteiger charge is 2.65. The molecule has 180 valence electrons. The summed E-state index contributed by atoms with van der Waals surface area (Å²) in [6, 6.07) is 0. The van der Waals surface area contributed by atoms with Crippen molar-refractivity contribution >= 4 is 11.6 Å². The van der Waals surface area contributed by atoms with Crippen LogP contribution in [-0.4, -0.2) is 11.6 Å². The van der Waals surface area contributed by atoms with Crippen molar-refractivity contribution in [2.75, 3.05) is 0 Å². The van der Waals surface area contributed by atoms with E-state index in [4.69, 9.17) is 0 Å². The number of hydrogen-bond acceptors (Lipinski definition) is 2. The molecule has 0 spiro atoms. The lowest BCUT2D eigenvalue weighted by molar-refractivity contribution is -0.142. The highest BCUT2D eigenvalue weighted by atomic mass is 16.1. The van der Waals surface area contributed by atoms with Crippen LogP contribution in [0.4, 0.5) is 0 Å². The van der Waals surface area contributed by atoms with E-state index >= 15 is 0 Å². The Labute approximate surface area is 197 Å². The molecule has 0 heterocycles. The van der Waals surface area contributed by atoms with Crippen LogP contribution < -0.4 is 0 Å². The molecule has 0 aromatic carbocycles. The minimum Gasteiger partial charge on any atom is -0.299 e. The van der Waals surface area contributed by atoms with Crippen LogP contribution in [0.1, 0.15) is 120 Å². The third kappa shape index (κ3) is 3.24. The smallest absolute Gasteiger partial charge is 0.159 e. The summed E-state index contributed by atoms with van der Waals surface area (Å²) in [4.78, 5) is 26.7. The first kappa shape index (κ1) is 24.2. The standard InChI is InChI=1S/C30H48O2/c1-19(2)10-9-11-20(3)21-12-17-30(8)26-22(13-16-29(21,30)7)28(6)15-14-25(32)27(4,5)24(28)18-23(26)31/h19-21,24H,9-18H2,1-8H3/t20-,21+,24+,28-,29+,30-/m1/s1. The Morgan fingerprint density at radius 1 is 0.906 bits per heavy atom. The van der Waals surface area contributed by atoms with Crippen molar-refractivity contribution in [2.45, 2.75) is 120 Å². The number of fused-ring (bicyclic) bond motifs is 4. The minimum atomic E-state index is -0.383. The summed E-state index contributed by atoms with van der Waals surface area (Å²) >= 11 is 0. The number of Topliss-reactive ketones (excluding diaryl/α,β-unsaturated/α-hetero) is 2.